The Morgan fingerprint density at radius 2 is 1.61 bits per heavy atom. The number of carbonyl (C=O) groups excluding carboxylic acids is 2. The third kappa shape index (κ3) is 5.49. The van der Waals surface area contributed by atoms with Crippen molar-refractivity contribution in [1.82, 2.24) is 19.7 Å². The van der Waals surface area contributed by atoms with Crippen LogP contribution in [-0.2, 0) is 0 Å². The molecule has 0 fully saturated rings. The van der Waals surface area contributed by atoms with Gasteiger partial charge in [0.2, 0.25) is 5.82 Å². The Balaban J connectivity index is 1.70. The summed E-state index contributed by atoms with van der Waals surface area (Å²) in [5, 5.41) is 7.71. The summed E-state index contributed by atoms with van der Waals surface area (Å²) in [6, 6.07) is 14.0. The number of aryl methyl sites for hydroxylation is 1. The summed E-state index contributed by atoms with van der Waals surface area (Å²) in [6.45, 7) is 7.34. The van der Waals surface area contributed by atoms with Gasteiger partial charge in [-0.3, -0.25) is 9.59 Å². The van der Waals surface area contributed by atoms with E-state index in [1.165, 1.54) is 0 Å². The van der Waals surface area contributed by atoms with Gasteiger partial charge in [0.05, 0.1) is 5.69 Å². The van der Waals surface area contributed by atoms with Crippen LogP contribution in [0.2, 0.25) is 5.02 Å². The molecule has 162 valence electrons. The molecule has 3 aromatic rings. The second-order valence-corrected chi connectivity index (χ2v) is 7.63. The van der Waals surface area contributed by atoms with Crippen LogP contribution in [-0.4, -0.2) is 44.6 Å². The van der Waals surface area contributed by atoms with E-state index in [1.54, 1.807) is 48.0 Å². The van der Waals surface area contributed by atoms with Gasteiger partial charge in [0.25, 0.3) is 11.8 Å². The van der Waals surface area contributed by atoms with E-state index < -0.39 is 5.91 Å². The SMILES string of the molecule is CCCN(CCC)C(=O)c1ccc(NC(=O)c2nc(C)n(-c3ccc(Cl)cc3)n2)cc1. The minimum atomic E-state index is -0.423. The molecular weight excluding hydrogens is 414 g/mol. The van der Waals surface area contributed by atoms with Gasteiger partial charge in [-0.1, -0.05) is 25.4 Å². The number of amides is 2. The Labute approximate surface area is 187 Å². The Morgan fingerprint density at radius 3 is 2.19 bits per heavy atom. The van der Waals surface area contributed by atoms with Crippen LogP contribution in [0.4, 0.5) is 5.69 Å². The van der Waals surface area contributed by atoms with Gasteiger partial charge in [-0.15, -0.1) is 5.10 Å². The maximum absolute atomic E-state index is 12.7. The highest BCUT2D eigenvalue weighted by atomic mass is 35.5. The minimum absolute atomic E-state index is 0.000533. The maximum atomic E-state index is 12.7. The van der Waals surface area contributed by atoms with Gasteiger partial charge in [0.1, 0.15) is 5.82 Å². The quantitative estimate of drug-likeness (QED) is 0.549. The predicted molar refractivity (Wildman–Crippen MR) is 122 cm³/mol. The molecule has 1 heterocycles. The molecule has 2 aromatic carbocycles. The standard InChI is InChI=1S/C23H26ClN5O2/c1-4-14-28(15-5-2)23(31)17-6-10-19(11-7-17)26-22(30)21-25-16(3)29(27-21)20-12-8-18(24)9-13-20/h6-13H,4-5,14-15H2,1-3H3,(H,26,30). The zero-order valence-electron chi connectivity index (χ0n) is 17.9. The molecule has 2 amide bonds. The Bertz CT molecular complexity index is 1040. The van der Waals surface area contributed by atoms with Crippen molar-refractivity contribution >= 4 is 29.1 Å². The van der Waals surface area contributed by atoms with E-state index in [2.05, 4.69) is 29.2 Å². The molecule has 1 aromatic heterocycles. The van der Waals surface area contributed by atoms with E-state index in [1.807, 2.05) is 17.0 Å². The fourth-order valence-electron chi connectivity index (χ4n) is 3.23. The molecule has 0 unspecified atom stereocenters. The summed E-state index contributed by atoms with van der Waals surface area (Å²) < 4.78 is 1.59. The van der Waals surface area contributed by atoms with Gasteiger partial charge < -0.3 is 10.2 Å². The van der Waals surface area contributed by atoms with Gasteiger partial charge in [-0.25, -0.2) is 9.67 Å². The van der Waals surface area contributed by atoms with Crippen molar-refractivity contribution in [2.75, 3.05) is 18.4 Å². The van der Waals surface area contributed by atoms with Crippen molar-refractivity contribution in [1.29, 1.82) is 0 Å². The van der Waals surface area contributed by atoms with E-state index in [4.69, 9.17) is 11.6 Å². The van der Waals surface area contributed by atoms with E-state index in [0.717, 1.165) is 31.6 Å². The number of aromatic nitrogens is 3. The average molecular weight is 440 g/mol. The molecule has 0 aliphatic heterocycles. The monoisotopic (exact) mass is 439 g/mol. The maximum Gasteiger partial charge on any atom is 0.295 e. The summed E-state index contributed by atoms with van der Waals surface area (Å²) in [5.41, 5.74) is 1.93. The summed E-state index contributed by atoms with van der Waals surface area (Å²) in [5.74, 6) is 0.221. The molecule has 31 heavy (non-hydrogen) atoms. The number of halogens is 1. The highest BCUT2D eigenvalue weighted by molar-refractivity contribution is 6.30. The molecule has 0 aliphatic rings. The zero-order valence-corrected chi connectivity index (χ0v) is 18.7. The van der Waals surface area contributed by atoms with Crippen molar-refractivity contribution in [3.63, 3.8) is 0 Å². The number of nitrogens with zero attached hydrogens (tertiary/aromatic N) is 4. The number of hydrogen-bond acceptors (Lipinski definition) is 4. The number of rotatable bonds is 8. The Hall–Kier alpha value is -3.19. The van der Waals surface area contributed by atoms with Crippen LogP contribution >= 0.6 is 11.6 Å². The second kappa shape index (κ2) is 10.2. The van der Waals surface area contributed by atoms with Gasteiger partial charge in [0.15, 0.2) is 0 Å². The van der Waals surface area contributed by atoms with Crippen molar-refractivity contribution in [3.05, 3.63) is 70.8 Å². The zero-order chi connectivity index (χ0) is 22.4. The first kappa shape index (κ1) is 22.5. The predicted octanol–water partition coefficient (Wildman–Crippen LogP) is 4.74. The summed E-state index contributed by atoms with van der Waals surface area (Å²) in [4.78, 5) is 31.4. The van der Waals surface area contributed by atoms with Crippen LogP contribution in [0.15, 0.2) is 48.5 Å². The molecule has 0 saturated carbocycles. The summed E-state index contributed by atoms with van der Waals surface area (Å²) >= 11 is 5.93. The molecule has 0 spiro atoms. The fraction of sp³-hybridized carbons (Fsp3) is 0.304. The lowest BCUT2D eigenvalue weighted by Crippen LogP contribution is -2.32. The fourth-order valence-corrected chi connectivity index (χ4v) is 3.36. The van der Waals surface area contributed by atoms with Gasteiger partial charge >= 0.3 is 0 Å². The topological polar surface area (TPSA) is 80.1 Å². The molecule has 0 atom stereocenters. The van der Waals surface area contributed by atoms with Crippen molar-refractivity contribution in [2.45, 2.75) is 33.6 Å². The highest BCUT2D eigenvalue weighted by Crippen LogP contribution is 2.16. The van der Waals surface area contributed by atoms with Gasteiger partial charge in [-0.05, 0) is 68.3 Å². The third-order valence-corrected chi connectivity index (χ3v) is 4.96. The van der Waals surface area contributed by atoms with E-state index in [0.29, 0.717) is 22.1 Å². The second-order valence-electron chi connectivity index (χ2n) is 7.19. The molecule has 8 heteroatoms. The molecule has 0 aliphatic carbocycles. The van der Waals surface area contributed by atoms with Gasteiger partial charge in [-0.2, -0.15) is 0 Å². The lowest BCUT2D eigenvalue weighted by Gasteiger charge is -2.21. The van der Waals surface area contributed by atoms with Crippen LogP contribution in [0.5, 0.6) is 0 Å². The molecule has 0 saturated heterocycles. The van der Waals surface area contributed by atoms with Crippen LogP contribution in [0.3, 0.4) is 0 Å². The number of hydrogen-bond donors (Lipinski definition) is 1. The highest BCUT2D eigenvalue weighted by Gasteiger charge is 2.17. The lowest BCUT2D eigenvalue weighted by molar-refractivity contribution is 0.0755. The van der Waals surface area contributed by atoms with Gasteiger partial charge in [0, 0.05) is 29.4 Å². The van der Waals surface area contributed by atoms with Crippen molar-refractivity contribution in [2.24, 2.45) is 0 Å². The number of benzene rings is 2. The van der Waals surface area contributed by atoms with E-state index in [9.17, 15) is 9.59 Å². The molecule has 0 bridgehead atoms. The Kier molecular flexibility index (Phi) is 7.41. The first-order valence-corrected chi connectivity index (χ1v) is 10.7. The molecule has 3 rings (SSSR count). The average Bonchev–Trinajstić information content (AvgIpc) is 3.16. The van der Waals surface area contributed by atoms with Crippen LogP contribution in [0, 0.1) is 6.92 Å². The summed E-state index contributed by atoms with van der Waals surface area (Å²) in [6.07, 6.45) is 1.82. The lowest BCUT2D eigenvalue weighted by atomic mass is 10.1. The van der Waals surface area contributed by atoms with Crippen molar-refractivity contribution in [3.8, 4) is 5.69 Å². The van der Waals surface area contributed by atoms with Crippen molar-refractivity contribution < 1.29 is 9.59 Å². The number of carbonyl (C=O) groups is 2. The minimum Gasteiger partial charge on any atom is -0.339 e. The summed E-state index contributed by atoms with van der Waals surface area (Å²) in [7, 11) is 0. The number of nitrogens with one attached hydrogen (secondary N) is 1. The van der Waals surface area contributed by atoms with Crippen LogP contribution < -0.4 is 5.32 Å². The van der Waals surface area contributed by atoms with Crippen LogP contribution in [0.1, 0.15) is 53.5 Å². The van der Waals surface area contributed by atoms with E-state index in [-0.39, 0.29) is 11.7 Å². The molecule has 0 radical (unpaired) electrons. The third-order valence-electron chi connectivity index (χ3n) is 4.71. The first-order valence-electron chi connectivity index (χ1n) is 10.3. The molecule has 7 nitrogen and oxygen atoms in total. The first-order chi connectivity index (χ1) is 14.9. The Morgan fingerprint density at radius 1 is 1.00 bits per heavy atom. The normalized spacial score (nSPS) is 10.7. The smallest absolute Gasteiger partial charge is 0.295 e. The van der Waals surface area contributed by atoms with Crippen LogP contribution in [0.25, 0.3) is 5.69 Å². The largest absolute Gasteiger partial charge is 0.339 e. The molecule has 1 N–H and O–H groups in total. The van der Waals surface area contributed by atoms with E-state index >= 15 is 0 Å². The molecular formula is C23H26ClN5O2. The number of anilines is 1.